The first-order valence-corrected chi connectivity index (χ1v) is 11.3. The summed E-state index contributed by atoms with van der Waals surface area (Å²) in [6.45, 7) is 12.3. The van der Waals surface area contributed by atoms with Gasteiger partial charge in [-0.05, 0) is 12.3 Å². The Hall–Kier alpha value is -0.450. The number of guanidine groups is 1. The van der Waals surface area contributed by atoms with Crippen LogP contribution in [0.25, 0.3) is 0 Å². The number of thiazole rings is 1. The molecule has 1 atom stereocenters. The van der Waals surface area contributed by atoms with E-state index in [0.29, 0.717) is 12.0 Å². The third-order valence-corrected chi connectivity index (χ3v) is 6.43. The van der Waals surface area contributed by atoms with Gasteiger partial charge >= 0.3 is 0 Å². The van der Waals surface area contributed by atoms with E-state index in [2.05, 4.69) is 51.7 Å². The van der Waals surface area contributed by atoms with Crippen LogP contribution in [0.1, 0.15) is 44.3 Å². The fourth-order valence-corrected chi connectivity index (χ4v) is 4.47. The Morgan fingerprint density at radius 2 is 1.96 bits per heavy atom. The molecular weight excluding hydrogens is 485 g/mol. The second kappa shape index (κ2) is 14.5. The van der Waals surface area contributed by atoms with Gasteiger partial charge in [-0.2, -0.15) is 0 Å². The Balaban J connectivity index is 0.00000392. The van der Waals surface area contributed by atoms with Gasteiger partial charge in [0.25, 0.3) is 0 Å². The number of ether oxygens (including phenoxy) is 1. The van der Waals surface area contributed by atoms with Gasteiger partial charge in [0.15, 0.2) is 5.96 Å². The lowest BCUT2D eigenvalue weighted by Gasteiger charge is -2.39. The summed E-state index contributed by atoms with van der Waals surface area (Å²) in [4.78, 5) is 11.6. The molecule has 8 heteroatoms. The molecule has 162 valence electrons. The number of morpholine rings is 1. The summed E-state index contributed by atoms with van der Waals surface area (Å²) in [5, 5.41) is 10.4. The molecule has 0 aromatic carbocycles. The summed E-state index contributed by atoms with van der Waals surface area (Å²) in [5.74, 6) is 1.57. The summed E-state index contributed by atoms with van der Waals surface area (Å²) in [7, 11) is 1.84. The lowest BCUT2D eigenvalue weighted by Crippen LogP contribution is -2.53. The molecule has 0 spiro atoms. The average molecular weight is 524 g/mol. The average Bonchev–Trinajstić information content (AvgIpc) is 3.18. The van der Waals surface area contributed by atoms with E-state index in [0.717, 1.165) is 58.2 Å². The monoisotopic (exact) mass is 523 g/mol. The number of hydrogen-bond donors (Lipinski definition) is 2. The normalized spacial score (nSPS) is 16.7. The predicted molar refractivity (Wildman–Crippen MR) is 130 cm³/mol. The number of nitrogens with zero attached hydrogens (tertiary/aromatic N) is 3. The van der Waals surface area contributed by atoms with Crippen LogP contribution in [0.2, 0.25) is 0 Å². The third kappa shape index (κ3) is 8.12. The van der Waals surface area contributed by atoms with Crippen LogP contribution in [0, 0.1) is 5.92 Å². The summed E-state index contributed by atoms with van der Waals surface area (Å²) >= 11 is 1.75. The van der Waals surface area contributed by atoms with E-state index in [-0.39, 0.29) is 24.0 Å². The summed E-state index contributed by atoms with van der Waals surface area (Å²) < 4.78 is 5.55. The van der Waals surface area contributed by atoms with Crippen LogP contribution in [-0.4, -0.2) is 68.3 Å². The minimum Gasteiger partial charge on any atom is -0.379 e. The highest BCUT2D eigenvalue weighted by atomic mass is 127. The molecule has 1 aliphatic heterocycles. The first-order chi connectivity index (χ1) is 13.2. The number of halogens is 1. The molecule has 1 aromatic rings. The van der Waals surface area contributed by atoms with Gasteiger partial charge in [-0.3, -0.25) is 9.89 Å². The molecule has 0 aliphatic carbocycles. The van der Waals surface area contributed by atoms with Gasteiger partial charge in [-0.15, -0.1) is 35.3 Å². The SMILES string of the molecule is CCc1nc(CCNC(=NC)NCC(C(CC)CC)N2CCOCC2)cs1.I. The predicted octanol–water partition coefficient (Wildman–Crippen LogP) is 3.17. The van der Waals surface area contributed by atoms with Crippen molar-refractivity contribution >= 4 is 41.3 Å². The summed E-state index contributed by atoms with van der Waals surface area (Å²) in [6.07, 6.45) is 4.35. The fraction of sp³-hybridized carbons (Fsp3) is 0.800. The topological polar surface area (TPSA) is 61.8 Å². The Morgan fingerprint density at radius 3 is 2.54 bits per heavy atom. The molecule has 0 radical (unpaired) electrons. The Labute approximate surface area is 192 Å². The highest BCUT2D eigenvalue weighted by Crippen LogP contribution is 2.19. The van der Waals surface area contributed by atoms with Crippen molar-refractivity contribution in [3.63, 3.8) is 0 Å². The molecule has 0 bridgehead atoms. The van der Waals surface area contributed by atoms with Crippen molar-refractivity contribution in [1.29, 1.82) is 0 Å². The number of hydrogen-bond acceptors (Lipinski definition) is 5. The van der Waals surface area contributed by atoms with Gasteiger partial charge in [0.05, 0.1) is 23.9 Å². The second-order valence-electron chi connectivity index (χ2n) is 7.01. The number of nitrogens with one attached hydrogen (secondary N) is 2. The van der Waals surface area contributed by atoms with E-state index in [1.54, 1.807) is 11.3 Å². The second-order valence-corrected chi connectivity index (χ2v) is 7.95. The van der Waals surface area contributed by atoms with E-state index in [1.807, 2.05) is 7.05 Å². The Bertz CT molecular complexity index is 559. The lowest BCUT2D eigenvalue weighted by molar-refractivity contribution is 0.00272. The van der Waals surface area contributed by atoms with Crippen molar-refractivity contribution in [1.82, 2.24) is 20.5 Å². The zero-order valence-electron chi connectivity index (χ0n) is 17.9. The van der Waals surface area contributed by atoms with Crippen LogP contribution in [0.3, 0.4) is 0 Å². The Morgan fingerprint density at radius 1 is 1.25 bits per heavy atom. The van der Waals surface area contributed by atoms with Crippen LogP contribution >= 0.6 is 35.3 Å². The number of aliphatic imine (C=N–C) groups is 1. The van der Waals surface area contributed by atoms with Crippen molar-refractivity contribution in [2.75, 3.05) is 46.4 Å². The van der Waals surface area contributed by atoms with E-state index in [4.69, 9.17) is 4.74 Å². The van der Waals surface area contributed by atoms with Crippen molar-refractivity contribution in [3.8, 4) is 0 Å². The number of rotatable bonds is 10. The van der Waals surface area contributed by atoms with E-state index in [9.17, 15) is 0 Å². The van der Waals surface area contributed by atoms with E-state index in [1.165, 1.54) is 23.5 Å². The molecule has 28 heavy (non-hydrogen) atoms. The van der Waals surface area contributed by atoms with Crippen molar-refractivity contribution in [2.45, 2.75) is 52.5 Å². The van der Waals surface area contributed by atoms with Crippen LogP contribution in [0.15, 0.2) is 10.4 Å². The standard InChI is InChI=1S/C20H37N5OS.HI/c1-5-16(6-2)18(25-10-12-26-13-11-25)14-23-20(21-4)22-9-8-17-15-27-19(7-3)24-17;/h15-16,18H,5-14H2,1-4H3,(H2,21,22,23);1H. The molecule has 2 heterocycles. The van der Waals surface area contributed by atoms with Gasteiger partial charge in [-0.1, -0.05) is 33.6 Å². The van der Waals surface area contributed by atoms with Crippen LogP contribution in [0.4, 0.5) is 0 Å². The van der Waals surface area contributed by atoms with Gasteiger partial charge in [0.2, 0.25) is 0 Å². The molecule has 6 nitrogen and oxygen atoms in total. The molecule has 1 fully saturated rings. The first kappa shape index (κ1) is 25.6. The maximum absolute atomic E-state index is 5.55. The molecule has 1 aromatic heterocycles. The molecule has 2 N–H and O–H groups in total. The highest BCUT2D eigenvalue weighted by molar-refractivity contribution is 14.0. The molecule has 1 saturated heterocycles. The van der Waals surface area contributed by atoms with Crippen molar-refractivity contribution in [3.05, 3.63) is 16.1 Å². The molecule has 1 aliphatic rings. The maximum Gasteiger partial charge on any atom is 0.191 e. The Kier molecular flexibility index (Phi) is 13.3. The number of aryl methyl sites for hydroxylation is 1. The van der Waals surface area contributed by atoms with Gasteiger partial charge < -0.3 is 15.4 Å². The van der Waals surface area contributed by atoms with Crippen LogP contribution in [-0.2, 0) is 17.6 Å². The minimum absolute atomic E-state index is 0. The zero-order valence-corrected chi connectivity index (χ0v) is 21.0. The molecule has 1 unspecified atom stereocenters. The van der Waals surface area contributed by atoms with Crippen molar-refractivity contribution < 1.29 is 4.74 Å². The lowest BCUT2D eigenvalue weighted by atomic mass is 9.92. The molecule has 0 amide bonds. The molecular formula is C20H38IN5OS. The number of aromatic nitrogens is 1. The van der Waals surface area contributed by atoms with E-state index < -0.39 is 0 Å². The van der Waals surface area contributed by atoms with Gasteiger partial charge in [-0.25, -0.2) is 4.98 Å². The summed E-state index contributed by atoms with van der Waals surface area (Å²) in [6, 6.07) is 0.521. The van der Waals surface area contributed by atoms with Gasteiger partial charge in [0, 0.05) is 51.1 Å². The van der Waals surface area contributed by atoms with Gasteiger partial charge in [0.1, 0.15) is 0 Å². The van der Waals surface area contributed by atoms with Crippen LogP contribution < -0.4 is 10.6 Å². The maximum atomic E-state index is 5.55. The fourth-order valence-electron chi connectivity index (χ4n) is 3.69. The largest absolute Gasteiger partial charge is 0.379 e. The molecule has 0 saturated carbocycles. The quantitative estimate of drug-likeness (QED) is 0.280. The van der Waals surface area contributed by atoms with E-state index >= 15 is 0 Å². The molecule has 2 rings (SSSR count). The highest BCUT2D eigenvalue weighted by Gasteiger charge is 2.26. The summed E-state index contributed by atoms with van der Waals surface area (Å²) in [5.41, 5.74) is 1.17. The zero-order chi connectivity index (χ0) is 19.5. The van der Waals surface area contributed by atoms with Crippen LogP contribution in [0.5, 0.6) is 0 Å². The third-order valence-electron chi connectivity index (χ3n) is 5.39. The smallest absolute Gasteiger partial charge is 0.191 e. The van der Waals surface area contributed by atoms with Crippen molar-refractivity contribution in [2.24, 2.45) is 10.9 Å². The first-order valence-electron chi connectivity index (χ1n) is 10.4. The minimum atomic E-state index is 0.